The van der Waals surface area contributed by atoms with Crippen LogP contribution in [0.4, 0.5) is 44.8 Å². The van der Waals surface area contributed by atoms with Crippen LogP contribution in [0.3, 0.4) is 0 Å². The molecule has 0 saturated heterocycles. The van der Waals surface area contributed by atoms with Crippen LogP contribution < -0.4 is 25.8 Å². The summed E-state index contributed by atoms with van der Waals surface area (Å²) < 4.78 is 117. The Bertz CT molecular complexity index is 2080. The summed E-state index contributed by atoms with van der Waals surface area (Å²) in [5.74, 6) is -4.63. The molecule has 44 heavy (non-hydrogen) atoms. The molecule has 0 atom stereocenters. The molecule has 0 aliphatic carbocycles. The molecule has 6 rings (SSSR count). The van der Waals surface area contributed by atoms with Crippen LogP contribution in [0.15, 0.2) is 35.4 Å². The number of methoxy groups -OCH3 is 1. The summed E-state index contributed by atoms with van der Waals surface area (Å²) in [5.41, 5.74) is 8.23. The Morgan fingerprint density at radius 1 is 1.11 bits per heavy atom. The number of anilines is 3. The SMILES string of the molecule is COc1nc2c3c(c(S(F)(F)(F)(F)F)c(-c4ccc(F)c5sc(N)c(C#N)c45)c(F)c3n1)OCCN2Cc1cccnc1N. The Kier molecular flexibility index (Phi) is 6.08. The van der Waals surface area contributed by atoms with E-state index in [1.165, 1.54) is 11.1 Å². The number of nitriles is 1. The smallest absolute Gasteiger partial charge is 0.318 e. The molecular weight excluding hydrogens is 639 g/mol. The number of ether oxygens (including phenoxy) is 2. The maximum absolute atomic E-state index is 16.7. The lowest BCUT2D eigenvalue weighted by Crippen LogP contribution is -2.28. The third-order valence-electron chi connectivity index (χ3n) is 6.92. The molecule has 4 N–H and O–H groups in total. The van der Waals surface area contributed by atoms with Gasteiger partial charge in [-0.1, -0.05) is 31.6 Å². The molecule has 230 valence electrons. The van der Waals surface area contributed by atoms with Crippen LogP contribution in [0.5, 0.6) is 11.8 Å². The van der Waals surface area contributed by atoms with Crippen molar-refractivity contribution in [3.05, 3.63) is 53.2 Å². The summed E-state index contributed by atoms with van der Waals surface area (Å²) >= 11 is 0.495. The van der Waals surface area contributed by atoms with E-state index in [1.54, 1.807) is 18.2 Å². The van der Waals surface area contributed by atoms with E-state index < -0.39 is 88.6 Å². The van der Waals surface area contributed by atoms with Crippen molar-refractivity contribution >= 4 is 59.2 Å². The van der Waals surface area contributed by atoms with Crippen molar-refractivity contribution in [1.29, 1.82) is 5.26 Å². The van der Waals surface area contributed by atoms with Crippen LogP contribution in [-0.2, 0) is 6.54 Å². The molecule has 0 amide bonds. The lowest BCUT2D eigenvalue weighted by Gasteiger charge is -2.42. The van der Waals surface area contributed by atoms with Crippen LogP contribution in [0, 0.1) is 23.0 Å². The predicted molar refractivity (Wildman–Crippen MR) is 153 cm³/mol. The molecule has 5 aromatic rings. The monoisotopic (exact) mass is 657 g/mol. The lowest BCUT2D eigenvalue weighted by atomic mass is 9.96. The number of thiophene rings is 1. The van der Waals surface area contributed by atoms with Gasteiger partial charge in [0.15, 0.2) is 16.5 Å². The standard InChI is InChI=1S/C26H18F7N7O2S2/c1-41-26-38-19-17-20(42-8-7-40(25(17)39-26)10-11-3-2-6-37-23(11)35)22(44(29,30,31,32)33)16(18(19)28)12-4-5-14(27)21-15(12)13(9-34)24(36)43-21/h2-6H,7-8,10,36H2,1H3,(H2,35,37). The van der Waals surface area contributed by atoms with Gasteiger partial charge in [0.2, 0.25) is 0 Å². The van der Waals surface area contributed by atoms with Gasteiger partial charge in [0.25, 0.3) is 0 Å². The van der Waals surface area contributed by atoms with E-state index in [0.717, 1.165) is 7.11 Å². The number of aromatic nitrogens is 3. The van der Waals surface area contributed by atoms with Crippen molar-refractivity contribution in [2.24, 2.45) is 0 Å². The van der Waals surface area contributed by atoms with E-state index in [0.29, 0.717) is 29.0 Å². The van der Waals surface area contributed by atoms with Crippen molar-refractivity contribution in [2.75, 3.05) is 36.6 Å². The molecule has 0 fully saturated rings. The van der Waals surface area contributed by atoms with Crippen molar-refractivity contribution < 1.29 is 37.7 Å². The van der Waals surface area contributed by atoms with Gasteiger partial charge in [-0.15, -0.1) is 11.3 Å². The Labute approximate surface area is 247 Å². The van der Waals surface area contributed by atoms with Crippen LogP contribution in [0.25, 0.3) is 32.1 Å². The van der Waals surface area contributed by atoms with Crippen molar-refractivity contribution in [1.82, 2.24) is 15.0 Å². The number of rotatable bonds is 5. The number of halogens is 7. The molecule has 0 spiro atoms. The Morgan fingerprint density at radius 3 is 2.52 bits per heavy atom. The molecule has 0 bridgehead atoms. The highest BCUT2D eigenvalue weighted by atomic mass is 32.5. The van der Waals surface area contributed by atoms with Crippen LogP contribution >= 0.6 is 21.6 Å². The van der Waals surface area contributed by atoms with E-state index in [1.807, 2.05) is 0 Å². The van der Waals surface area contributed by atoms with Gasteiger partial charge in [-0.25, -0.2) is 13.8 Å². The fourth-order valence-corrected chi connectivity index (χ4v) is 7.17. The van der Waals surface area contributed by atoms with E-state index in [2.05, 4.69) is 15.0 Å². The maximum atomic E-state index is 16.7. The average molecular weight is 658 g/mol. The molecular formula is C26H18F7N7O2S2. The first-order valence-electron chi connectivity index (χ1n) is 12.4. The van der Waals surface area contributed by atoms with E-state index in [4.69, 9.17) is 20.9 Å². The summed E-state index contributed by atoms with van der Waals surface area (Å²) in [5, 5.41) is 7.98. The van der Waals surface area contributed by atoms with Crippen LogP contribution in [-0.4, -0.2) is 35.2 Å². The number of hydrogen-bond donors (Lipinski definition) is 2. The number of fused-ring (bicyclic) bond motifs is 1. The zero-order valence-corrected chi connectivity index (χ0v) is 23.8. The third-order valence-corrected chi connectivity index (χ3v) is 9.11. The number of hydrogen-bond acceptors (Lipinski definition) is 10. The second-order valence-electron chi connectivity index (χ2n) is 9.64. The first-order chi connectivity index (χ1) is 20.5. The number of nitrogens with zero attached hydrogens (tertiary/aromatic N) is 5. The molecule has 2 aromatic carbocycles. The predicted octanol–water partition coefficient (Wildman–Crippen LogP) is 7.29. The van der Waals surface area contributed by atoms with Gasteiger partial charge in [-0.2, -0.15) is 15.2 Å². The highest BCUT2D eigenvalue weighted by Crippen LogP contribution is 3.04. The zero-order chi connectivity index (χ0) is 31.8. The first-order valence-corrected chi connectivity index (χ1v) is 15.1. The largest absolute Gasteiger partial charge is 0.489 e. The van der Waals surface area contributed by atoms with Gasteiger partial charge in [0, 0.05) is 29.3 Å². The quantitative estimate of drug-likeness (QED) is 0.187. The molecule has 1 aliphatic heterocycles. The van der Waals surface area contributed by atoms with Crippen molar-refractivity contribution in [3.63, 3.8) is 0 Å². The second-order valence-corrected chi connectivity index (χ2v) is 13.0. The molecule has 0 unspecified atom stereocenters. The highest BCUT2D eigenvalue weighted by molar-refractivity contribution is 8.46. The molecule has 9 nitrogen and oxygen atoms in total. The van der Waals surface area contributed by atoms with Crippen LogP contribution in [0.2, 0.25) is 0 Å². The van der Waals surface area contributed by atoms with Gasteiger partial charge in [-0.3, -0.25) is 0 Å². The zero-order valence-electron chi connectivity index (χ0n) is 22.2. The highest BCUT2D eigenvalue weighted by Gasteiger charge is 2.69. The summed E-state index contributed by atoms with van der Waals surface area (Å²) in [7, 11) is -9.78. The summed E-state index contributed by atoms with van der Waals surface area (Å²) in [6, 6.07) is 5.60. The minimum Gasteiger partial charge on any atom is -0.489 e. The lowest BCUT2D eigenvalue weighted by molar-refractivity contribution is 0.308. The molecule has 0 radical (unpaired) electrons. The Balaban J connectivity index is 1.80. The summed E-state index contributed by atoms with van der Waals surface area (Å²) in [6.45, 7) is -0.936. The Hall–Kier alpha value is -4.76. The number of nitrogens with two attached hydrogens (primary N) is 2. The van der Waals surface area contributed by atoms with E-state index >= 15 is 23.8 Å². The molecule has 18 heteroatoms. The molecule has 3 aromatic heterocycles. The first kappa shape index (κ1) is 29.3. The minimum absolute atomic E-state index is 0.0769. The van der Waals surface area contributed by atoms with Crippen LogP contribution in [0.1, 0.15) is 11.1 Å². The molecule has 0 saturated carbocycles. The maximum Gasteiger partial charge on any atom is 0.318 e. The third kappa shape index (κ3) is 4.59. The number of benzene rings is 2. The van der Waals surface area contributed by atoms with Gasteiger partial charge < -0.3 is 25.8 Å². The topological polar surface area (TPSA) is 136 Å². The normalized spacial score (nSPS) is 14.9. The number of nitrogen functional groups attached to an aromatic ring is 2. The summed E-state index contributed by atoms with van der Waals surface area (Å²) in [4.78, 5) is 10.6. The van der Waals surface area contributed by atoms with E-state index in [-0.39, 0.29) is 23.9 Å². The Morgan fingerprint density at radius 2 is 1.86 bits per heavy atom. The van der Waals surface area contributed by atoms with E-state index in [9.17, 15) is 9.65 Å². The van der Waals surface area contributed by atoms with Crippen molar-refractivity contribution in [2.45, 2.75) is 11.4 Å². The minimum atomic E-state index is -10.9. The molecule has 1 aliphatic rings. The fourth-order valence-electron chi connectivity index (χ4n) is 5.13. The number of pyridine rings is 1. The van der Waals surface area contributed by atoms with Gasteiger partial charge in [0.1, 0.15) is 40.6 Å². The fraction of sp³-hybridized carbons (Fsp3) is 0.154. The van der Waals surface area contributed by atoms with Gasteiger partial charge in [0.05, 0.1) is 29.3 Å². The van der Waals surface area contributed by atoms with Gasteiger partial charge in [-0.05, 0) is 17.7 Å². The molecule has 4 heterocycles. The second kappa shape index (κ2) is 9.12. The van der Waals surface area contributed by atoms with Gasteiger partial charge >= 0.3 is 16.2 Å². The average Bonchev–Trinajstić information content (AvgIpc) is 3.19. The van der Waals surface area contributed by atoms with Crippen molar-refractivity contribution in [3.8, 4) is 29.0 Å². The summed E-state index contributed by atoms with van der Waals surface area (Å²) in [6.07, 6.45) is 1.41.